The van der Waals surface area contributed by atoms with Crippen molar-refractivity contribution in [2.24, 2.45) is 0 Å². The Balaban J connectivity index is 2.04. The van der Waals surface area contributed by atoms with E-state index in [9.17, 15) is 8.42 Å². The molecular formula is C18H20BrNO3S. The first-order valence-electron chi connectivity index (χ1n) is 7.91. The minimum absolute atomic E-state index is 0.105. The Morgan fingerprint density at radius 1 is 1.25 bits per heavy atom. The van der Waals surface area contributed by atoms with Crippen molar-refractivity contribution >= 4 is 31.6 Å². The maximum atomic E-state index is 13.2. The number of benzene rings is 2. The van der Waals surface area contributed by atoms with Crippen LogP contribution in [-0.4, -0.2) is 21.1 Å². The second-order valence-corrected chi connectivity index (χ2v) is 8.72. The molecule has 1 aliphatic rings. The van der Waals surface area contributed by atoms with E-state index in [4.69, 9.17) is 4.74 Å². The molecule has 1 unspecified atom stereocenters. The molecule has 0 radical (unpaired) electrons. The van der Waals surface area contributed by atoms with Crippen LogP contribution in [-0.2, 0) is 16.4 Å². The molecule has 0 bridgehead atoms. The molecule has 0 N–H and O–H groups in total. The van der Waals surface area contributed by atoms with E-state index in [0.717, 1.165) is 27.0 Å². The third-order valence-electron chi connectivity index (χ3n) is 4.20. The summed E-state index contributed by atoms with van der Waals surface area (Å²) in [6, 6.07) is 10.7. The second kappa shape index (κ2) is 6.41. The van der Waals surface area contributed by atoms with Gasteiger partial charge in [0.15, 0.2) is 0 Å². The third-order valence-corrected chi connectivity index (χ3v) is 6.62. The van der Waals surface area contributed by atoms with Crippen LogP contribution in [0.5, 0.6) is 5.75 Å². The molecule has 4 nitrogen and oxygen atoms in total. The molecule has 3 rings (SSSR count). The van der Waals surface area contributed by atoms with Crippen LogP contribution in [0.4, 0.5) is 5.69 Å². The van der Waals surface area contributed by atoms with E-state index < -0.39 is 10.0 Å². The van der Waals surface area contributed by atoms with Crippen LogP contribution < -0.4 is 9.04 Å². The minimum atomic E-state index is -3.61. The van der Waals surface area contributed by atoms with E-state index in [0.29, 0.717) is 17.9 Å². The number of aryl methyl sites for hydroxylation is 1. The quantitative estimate of drug-likeness (QED) is 0.755. The number of anilines is 1. The van der Waals surface area contributed by atoms with Crippen molar-refractivity contribution < 1.29 is 13.2 Å². The van der Waals surface area contributed by atoms with Gasteiger partial charge in [-0.15, -0.1) is 0 Å². The molecule has 128 valence electrons. The zero-order valence-electron chi connectivity index (χ0n) is 13.9. The van der Waals surface area contributed by atoms with E-state index in [1.165, 1.54) is 4.31 Å². The van der Waals surface area contributed by atoms with Gasteiger partial charge in [-0.3, -0.25) is 4.31 Å². The van der Waals surface area contributed by atoms with Gasteiger partial charge in [0.05, 0.1) is 17.2 Å². The van der Waals surface area contributed by atoms with Crippen molar-refractivity contribution in [1.29, 1.82) is 0 Å². The molecule has 1 heterocycles. The van der Waals surface area contributed by atoms with E-state index in [1.807, 2.05) is 39.0 Å². The summed E-state index contributed by atoms with van der Waals surface area (Å²) >= 11 is 3.45. The molecule has 24 heavy (non-hydrogen) atoms. The van der Waals surface area contributed by atoms with Crippen LogP contribution in [0.3, 0.4) is 0 Å². The number of sulfonamides is 1. The lowest BCUT2D eigenvalue weighted by Gasteiger charge is -2.25. The second-order valence-electron chi connectivity index (χ2n) is 5.99. The molecule has 0 aromatic heterocycles. The predicted octanol–water partition coefficient (Wildman–Crippen LogP) is 4.30. The number of rotatable bonds is 4. The topological polar surface area (TPSA) is 46.6 Å². The molecule has 1 atom stereocenters. The van der Waals surface area contributed by atoms with Crippen molar-refractivity contribution in [1.82, 2.24) is 0 Å². The molecular weight excluding hydrogens is 390 g/mol. The SMILES string of the molecule is CCOc1ccc(S(=O)(=O)N2c3ccc(Br)cc3CC2C)cc1C. The van der Waals surface area contributed by atoms with Crippen molar-refractivity contribution in [2.45, 2.75) is 38.1 Å². The van der Waals surface area contributed by atoms with Gasteiger partial charge in [-0.1, -0.05) is 15.9 Å². The average Bonchev–Trinajstić information content (AvgIpc) is 2.84. The van der Waals surface area contributed by atoms with Crippen molar-refractivity contribution in [2.75, 3.05) is 10.9 Å². The summed E-state index contributed by atoms with van der Waals surface area (Å²) in [6.07, 6.45) is 0.712. The fraction of sp³-hybridized carbons (Fsp3) is 0.333. The van der Waals surface area contributed by atoms with Gasteiger partial charge < -0.3 is 4.74 Å². The number of halogens is 1. The highest BCUT2D eigenvalue weighted by Crippen LogP contribution is 2.38. The van der Waals surface area contributed by atoms with Crippen LogP contribution in [0, 0.1) is 6.92 Å². The summed E-state index contributed by atoms with van der Waals surface area (Å²) < 4.78 is 34.4. The van der Waals surface area contributed by atoms with Crippen LogP contribution in [0.25, 0.3) is 0 Å². The first-order chi connectivity index (χ1) is 11.3. The Bertz CT molecular complexity index is 880. The fourth-order valence-corrected chi connectivity index (χ4v) is 5.34. The smallest absolute Gasteiger partial charge is 0.264 e. The highest BCUT2D eigenvalue weighted by atomic mass is 79.9. The monoisotopic (exact) mass is 409 g/mol. The normalized spacial score (nSPS) is 17.0. The Labute approximate surface area is 151 Å². The highest BCUT2D eigenvalue weighted by Gasteiger charge is 2.36. The summed E-state index contributed by atoms with van der Waals surface area (Å²) in [5.74, 6) is 0.718. The first kappa shape index (κ1) is 17.3. The summed E-state index contributed by atoms with van der Waals surface area (Å²) in [6.45, 7) is 6.26. The maximum Gasteiger partial charge on any atom is 0.264 e. The van der Waals surface area contributed by atoms with Gasteiger partial charge in [0.2, 0.25) is 0 Å². The lowest BCUT2D eigenvalue weighted by atomic mass is 10.1. The van der Waals surface area contributed by atoms with Crippen LogP contribution >= 0.6 is 15.9 Å². The molecule has 0 spiro atoms. The lowest BCUT2D eigenvalue weighted by Crippen LogP contribution is -2.35. The molecule has 0 amide bonds. The van der Waals surface area contributed by atoms with Gasteiger partial charge in [0, 0.05) is 10.5 Å². The standard InChI is InChI=1S/C18H20BrNO3S/c1-4-23-18-8-6-16(9-12(18)2)24(21,22)20-13(3)10-14-11-15(19)5-7-17(14)20/h5-9,11,13H,4,10H2,1-3H3. The molecule has 6 heteroatoms. The molecule has 2 aromatic carbocycles. The lowest BCUT2D eigenvalue weighted by molar-refractivity contribution is 0.337. The van der Waals surface area contributed by atoms with Crippen LogP contribution in [0.1, 0.15) is 25.0 Å². The Morgan fingerprint density at radius 2 is 2.00 bits per heavy atom. The number of hydrogen-bond donors (Lipinski definition) is 0. The molecule has 0 aliphatic carbocycles. The Morgan fingerprint density at radius 3 is 2.67 bits per heavy atom. The number of ether oxygens (including phenoxy) is 1. The van der Waals surface area contributed by atoms with Crippen LogP contribution in [0.2, 0.25) is 0 Å². The van der Waals surface area contributed by atoms with E-state index >= 15 is 0 Å². The number of hydrogen-bond acceptors (Lipinski definition) is 3. The van der Waals surface area contributed by atoms with E-state index in [-0.39, 0.29) is 6.04 Å². The van der Waals surface area contributed by atoms with Crippen molar-refractivity contribution in [3.63, 3.8) is 0 Å². The molecule has 2 aromatic rings. The predicted molar refractivity (Wildman–Crippen MR) is 99.3 cm³/mol. The van der Waals surface area contributed by atoms with Gasteiger partial charge in [-0.25, -0.2) is 8.42 Å². The fourth-order valence-electron chi connectivity index (χ4n) is 3.15. The van der Waals surface area contributed by atoms with Gasteiger partial charge in [-0.05, 0) is 74.7 Å². The van der Waals surface area contributed by atoms with Gasteiger partial charge in [0.25, 0.3) is 10.0 Å². The zero-order chi connectivity index (χ0) is 17.5. The van der Waals surface area contributed by atoms with Crippen molar-refractivity contribution in [3.05, 3.63) is 52.0 Å². The molecule has 0 saturated carbocycles. The summed E-state index contributed by atoms with van der Waals surface area (Å²) in [5, 5.41) is 0. The number of fused-ring (bicyclic) bond motifs is 1. The Kier molecular flexibility index (Phi) is 4.62. The number of nitrogens with zero attached hydrogens (tertiary/aromatic N) is 1. The van der Waals surface area contributed by atoms with Crippen LogP contribution in [0.15, 0.2) is 45.8 Å². The third kappa shape index (κ3) is 2.93. The van der Waals surface area contributed by atoms with Gasteiger partial charge >= 0.3 is 0 Å². The minimum Gasteiger partial charge on any atom is -0.494 e. The maximum absolute atomic E-state index is 13.2. The van der Waals surface area contributed by atoms with Gasteiger partial charge in [0.1, 0.15) is 5.75 Å². The Hall–Kier alpha value is -1.53. The molecule has 0 saturated heterocycles. The zero-order valence-corrected chi connectivity index (χ0v) is 16.3. The van der Waals surface area contributed by atoms with Crippen molar-refractivity contribution in [3.8, 4) is 5.75 Å². The van der Waals surface area contributed by atoms with E-state index in [1.54, 1.807) is 18.2 Å². The first-order valence-corrected chi connectivity index (χ1v) is 10.1. The average molecular weight is 410 g/mol. The highest BCUT2D eigenvalue weighted by molar-refractivity contribution is 9.10. The molecule has 1 aliphatic heterocycles. The summed E-state index contributed by atoms with van der Waals surface area (Å²) in [4.78, 5) is 0.297. The van der Waals surface area contributed by atoms with E-state index in [2.05, 4.69) is 15.9 Å². The van der Waals surface area contributed by atoms with Gasteiger partial charge in [-0.2, -0.15) is 0 Å². The summed E-state index contributed by atoms with van der Waals surface area (Å²) in [7, 11) is -3.61. The molecule has 0 fully saturated rings. The summed E-state index contributed by atoms with van der Waals surface area (Å²) in [5.41, 5.74) is 2.63. The largest absolute Gasteiger partial charge is 0.494 e.